The van der Waals surface area contributed by atoms with Crippen molar-refractivity contribution in [2.24, 2.45) is 0 Å². The van der Waals surface area contributed by atoms with Crippen molar-refractivity contribution in [2.45, 2.75) is 0 Å². The van der Waals surface area contributed by atoms with Gasteiger partial charge >= 0.3 is 5.69 Å². The highest BCUT2D eigenvalue weighted by Gasteiger charge is 2.09. The molecule has 26 heavy (non-hydrogen) atoms. The first-order valence-corrected chi connectivity index (χ1v) is 8.87. The van der Waals surface area contributed by atoms with E-state index in [0.717, 1.165) is 37.3 Å². The molecule has 5 nitrogen and oxygen atoms in total. The van der Waals surface area contributed by atoms with E-state index in [4.69, 9.17) is 11.6 Å². The van der Waals surface area contributed by atoms with E-state index < -0.39 is 11.2 Å². The number of halogens is 2. The average Bonchev–Trinajstić information content (AvgIpc) is 2.61. The molecule has 0 saturated carbocycles. The normalized spacial score (nSPS) is 11.0. The number of nitrogens with zero attached hydrogens (tertiary/aromatic N) is 2. The molecule has 0 saturated heterocycles. The molecule has 1 aromatic heterocycles. The Kier molecular flexibility index (Phi) is 4.22. The maximum absolute atomic E-state index is 11.9. The molecule has 0 amide bonds. The smallest absolute Gasteiger partial charge is 0.271 e. The van der Waals surface area contributed by atoms with Crippen LogP contribution in [0, 0.1) is 0 Å². The molecule has 4 rings (SSSR count). The summed E-state index contributed by atoms with van der Waals surface area (Å²) in [6.45, 7) is 0. The third kappa shape index (κ3) is 3.09. The summed E-state index contributed by atoms with van der Waals surface area (Å²) in [5.74, 6) is 0. The molecule has 0 unspecified atom stereocenters. The van der Waals surface area contributed by atoms with Crippen molar-refractivity contribution < 1.29 is 0 Å². The quantitative estimate of drug-likeness (QED) is 0.521. The van der Waals surface area contributed by atoms with Crippen LogP contribution in [0.1, 0.15) is 0 Å². The Labute approximate surface area is 161 Å². The summed E-state index contributed by atoms with van der Waals surface area (Å²) in [6, 6.07) is 17.4. The van der Waals surface area contributed by atoms with Gasteiger partial charge in [-0.2, -0.15) is 9.78 Å². The number of rotatable bonds is 2. The van der Waals surface area contributed by atoms with Crippen molar-refractivity contribution in [1.82, 2.24) is 14.8 Å². The Morgan fingerprint density at radius 1 is 0.962 bits per heavy atom. The van der Waals surface area contributed by atoms with Gasteiger partial charge in [0.25, 0.3) is 5.56 Å². The minimum Gasteiger partial charge on any atom is -0.271 e. The van der Waals surface area contributed by atoms with Crippen LogP contribution in [-0.4, -0.2) is 14.8 Å². The van der Waals surface area contributed by atoms with Crippen molar-refractivity contribution in [3.8, 4) is 16.8 Å². The molecule has 0 spiro atoms. The highest BCUT2D eigenvalue weighted by molar-refractivity contribution is 9.10. The van der Waals surface area contributed by atoms with E-state index in [1.807, 2.05) is 30.3 Å². The van der Waals surface area contributed by atoms with E-state index in [9.17, 15) is 9.59 Å². The molecular formula is C19H11BrClN3O2. The summed E-state index contributed by atoms with van der Waals surface area (Å²) in [7, 11) is 0. The van der Waals surface area contributed by atoms with Crippen LogP contribution in [-0.2, 0) is 0 Å². The zero-order valence-corrected chi connectivity index (χ0v) is 15.6. The van der Waals surface area contributed by atoms with Crippen molar-refractivity contribution >= 4 is 38.3 Å². The molecule has 0 aliphatic rings. The summed E-state index contributed by atoms with van der Waals surface area (Å²) in [5.41, 5.74) is 1.13. The third-order valence-corrected chi connectivity index (χ3v) is 4.83. The van der Waals surface area contributed by atoms with Crippen LogP contribution in [0.15, 0.2) is 74.9 Å². The second kappa shape index (κ2) is 6.55. The van der Waals surface area contributed by atoms with Crippen molar-refractivity contribution in [2.75, 3.05) is 0 Å². The summed E-state index contributed by atoms with van der Waals surface area (Å²) < 4.78 is 2.12. The molecule has 0 radical (unpaired) electrons. The lowest BCUT2D eigenvalue weighted by Gasteiger charge is -2.09. The largest absolute Gasteiger partial charge is 0.349 e. The third-order valence-electron chi connectivity index (χ3n) is 4.02. The number of aromatic amines is 1. The SMILES string of the molecule is O=c1cnn(-c2ccc(-c3ccc4cc(Br)ccc4c3)c(Cl)c2)c(=O)[nH]1. The summed E-state index contributed by atoms with van der Waals surface area (Å²) >= 11 is 9.92. The number of nitrogens with one attached hydrogen (secondary N) is 1. The van der Waals surface area contributed by atoms with Gasteiger partial charge in [0.1, 0.15) is 6.20 Å². The highest BCUT2D eigenvalue weighted by atomic mass is 79.9. The number of benzene rings is 3. The first kappa shape index (κ1) is 16.8. The number of hydrogen-bond donors (Lipinski definition) is 1. The second-order valence-electron chi connectivity index (χ2n) is 5.72. The van der Waals surface area contributed by atoms with Crippen LogP contribution >= 0.6 is 27.5 Å². The van der Waals surface area contributed by atoms with E-state index in [1.54, 1.807) is 12.1 Å². The summed E-state index contributed by atoms with van der Waals surface area (Å²) in [6.07, 6.45) is 1.05. The monoisotopic (exact) mass is 427 g/mol. The molecule has 1 N–H and O–H groups in total. The predicted octanol–water partition coefficient (Wildman–Crippen LogP) is 4.16. The van der Waals surface area contributed by atoms with Crippen molar-refractivity contribution in [3.63, 3.8) is 0 Å². The van der Waals surface area contributed by atoms with Gasteiger partial charge in [-0.3, -0.25) is 9.78 Å². The maximum atomic E-state index is 11.9. The van der Waals surface area contributed by atoms with E-state index in [1.165, 1.54) is 0 Å². The Balaban J connectivity index is 1.80. The maximum Gasteiger partial charge on any atom is 0.349 e. The first-order chi connectivity index (χ1) is 12.5. The van der Waals surface area contributed by atoms with Crippen LogP contribution in [0.3, 0.4) is 0 Å². The molecule has 1 heterocycles. The van der Waals surface area contributed by atoms with Gasteiger partial charge in [-0.1, -0.05) is 51.8 Å². The van der Waals surface area contributed by atoms with Crippen LogP contribution in [0.25, 0.3) is 27.6 Å². The van der Waals surface area contributed by atoms with E-state index in [2.05, 4.69) is 38.1 Å². The zero-order valence-electron chi connectivity index (χ0n) is 13.2. The van der Waals surface area contributed by atoms with Gasteiger partial charge in [0.05, 0.1) is 10.7 Å². The molecule has 0 fully saturated rings. The predicted molar refractivity (Wildman–Crippen MR) is 106 cm³/mol. The Hall–Kier alpha value is -2.70. The molecule has 128 valence electrons. The van der Waals surface area contributed by atoms with Gasteiger partial charge < -0.3 is 0 Å². The second-order valence-corrected chi connectivity index (χ2v) is 7.04. The standard InChI is InChI=1S/C19H11BrClN3O2/c20-14-4-3-11-7-13(2-1-12(11)8-14)16-6-5-15(9-17(16)21)24-19(26)23-18(25)10-22-24/h1-10H,(H,23,25,26). The minimum absolute atomic E-state index is 0.477. The van der Waals surface area contributed by atoms with E-state index >= 15 is 0 Å². The molecule has 7 heteroatoms. The highest BCUT2D eigenvalue weighted by Crippen LogP contribution is 2.32. The first-order valence-electron chi connectivity index (χ1n) is 7.69. The van der Waals surface area contributed by atoms with Crippen molar-refractivity contribution in [1.29, 1.82) is 0 Å². The van der Waals surface area contributed by atoms with E-state index in [0.29, 0.717) is 10.7 Å². The lowest BCUT2D eigenvalue weighted by molar-refractivity contribution is 0.750. The summed E-state index contributed by atoms with van der Waals surface area (Å²) in [4.78, 5) is 25.2. The molecule has 3 aromatic carbocycles. The van der Waals surface area contributed by atoms with Gasteiger partial charge in [0, 0.05) is 10.0 Å². The fraction of sp³-hybridized carbons (Fsp3) is 0. The fourth-order valence-corrected chi connectivity index (χ4v) is 3.45. The van der Waals surface area contributed by atoms with Crippen LogP contribution in [0.2, 0.25) is 5.02 Å². The Morgan fingerprint density at radius 3 is 2.50 bits per heavy atom. The van der Waals surface area contributed by atoms with Gasteiger partial charge in [0.15, 0.2) is 0 Å². The van der Waals surface area contributed by atoms with Crippen LogP contribution in [0.5, 0.6) is 0 Å². The minimum atomic E-state index is -0.613. The van der Waals surface area contributed by atoms with Gasteiger partial charge in [-0.15, -0.1) is 0 Å². The number of aromatic nitrogens is 3. The molecule has 0 aliphatic heterocycles. The molecular weight excluding hydrogens is 418 g/mol. The number of hydrogen-bond acceptors (Lipinski definition) is 3. The van der Waals surface area contributed by atoms with Crippen LogP contribution < -0.4 is 11.2 Å². The zero-order chi connectivity index (χ0) is 18.3. The topological polar surface area (TPSA) is 67.8 Å². The van der Waals surface area contributed by atoms with Crippen LogP contribution in [0.4, 0.5) is 0 Å². The lowest BCUT2D eigenvalue weighted by atomic mass is 10.0. The number of H-pyrrole nitrogens is 1. The molecule has 4 aromatic rings. The average molecular weight is 429 g/mol. The number of fused-ring (bicyclic) bond motifs is 1. The van der Waals surface area contributed by atoms with Gasteiger partial charge in [0.2, 0.25) is 0 Å². The van der Waals surface area contributed by atoms with E-state index in [-0.39, 0.29) is 0 Å². The Bertz CT molecular complexity index is 1260. The Morgan fingerprint density at radius 2 is 1.73 bits per heavy atom. The molecule has 0 bridgehead atoms. The lowest BCUT2D eigenvalue weighted by Crippen LogP contribution is -2.30. The molecule has 0 aliphatic carbocycles. The molecule has 0 atom stereocenters. The van der Waals surface area contributed by atoms with Crippen molar-refractivity contribution in [3.05, 3.63) is 91.1 Å². The summed E-state index contributed by atoms with van der Waals surface area (Å²) in [5, 5.41) is 6.55. The van der Waals surface area contributed by atoms with Gasteiger partial charge in [-0.25, -0.2) is 4.79 Å². The van der Waals surface area contributed by atoms with Gasteiger partial charge in [-0.05, 0) is 46.7 Å². The fourth-order valence-electron chi connectivity index (χ4n) is 2.79.